The summed E-state index contributed by atoms with van der Waals surface area (Å²) in [7, 11) is 0. The Morgan fingerprint density at radius 1 is 1.16 bits per heavy atom. The molecule has 0 saturated carbocycles. The van der Waals surface area contributed by atoms with Gasteiger partial charge >= 0.3 is 0 Å². The average Bonchev–Trinajstić information content (AvgIpc) is 2.31. The van der Waals surface area contributed by atoms with Crippen molar-refractivity contribution in [3.8, 4) is 0 Å². The molecule has 0 spiro atoms. The number of aliphatic hydroxyl groups is 1. The van der Waals surface area contributed by atoms with E-state index >= 15 is 0 Å². The van der Waals surface area contributed by atoms with Crippen LogP contribution in [0.2, 0.25) is 0 Å². The molecule has 0 heterocycles. The zero-order chi connectivity index (χ0) is 14.6. The summed E-state index contributed by atoms with van der Waals surface area (Å²) in [6, 6.07) is 3.47. The molecule has 0 aliphatic heterocycles. The summed E-state index contributed by atoms with van der Waals surface area (Å²) in [6.45, 7) is 9.70. The third-order valence-corrected chi connectivity index (χ3v) is 3.60. The van der Waals surface area contributed by atoms with Crippen molar-refractivity contribution in [1.82, 2.24) is 5.32 Å². The van der Waals surface area contributed by atoms with Gasteiger partial charge in [0.15, 0.2) is 11.6 Å². The maximum absolute atomic E-state index is 13.0. The van der Waals surface area contributed by atoms with Gasteiger partial charge in [-0.3, -0.25) is 0 Å². The van der Waals surface area contributed by atoms with Crippen LogP contribution in [0.15, 0.2) is 18.2 Å². The van der Waals surface area contributed by atoms with Gasteiger partial charge in [0.25, 0.3) is 0 Å². The molecular formula is C15H23F2NO. The molecule has 2 nitrogen and oxygen atoms in total. The van der Waals surface area contributed by atoms with Gasteiger partial charge in [-0.15, -0.1) is 0 Å². The van der Waals surface area contributed by atoms with Crippen LogP contribution in [0.4, 0.5) is 8.78 Å². The first-order valence-corrected chi connectivity index (χ1v) is 6.55. The van der Waals surface area contributed by atoms with E-state index in [9.17, 15) is 13.9 Å². The van der Waals surface area contributed by atoms with Crippen molar-refractivity contribution in [2.75, 3.05) is 13.1 Å². The fourth-order valence-corrected chi connectivity index (χ4v) is 1.58. The van der Waals surface area contributed by atoms with Crippen molar-refractivity contribution in [3.63, 3.8) is 0 Å². The molecule has 0 saturated heterocycles. The standard InChI is InChI=1S/C15H23F2NO/c1-10(15(2,3)4)8-18-9-14(19)11-5-6-12(16)13(17)7-11/h5-7,10,14,18-19H,8-9H2,1-4H3. The Morgan fingerprint density at radius 3 is 2.32 bits per heavy atom. The Bertz CT molecular complexity index is 415. The van der Waals surface area contributed by atoms with Crippen LogP contribution in [0.25, 0.3) is 0 Å². The van der Waals surface area contributed by atoms with Crippen LogP contribution >= 0.6 is 0 Å². The second kappa shape index (κ2) is 6.44. The van der Waals surface area contributed by atoms with E-state index in [1.54, 1.807) is 0 Å². The van der Waals surface area contributed by atoms with Gasteiger partial charge in [0.1, 0.15) is 0 Å². The zero-order valence-electron chi connectivity index (χ0n) is 12.0. The molecule has 0 radical (unpaired) electrons. The van der Waals surface area contributed by atoms with Gasteiger partial charge in [0.05, 0.1) is 6.10 Å². The average molecular weight is 271 g/mol. The number of nitrogens with one attached hydrogen (secondary N) is 1. The van der Waals surface area contributed by atoms with Crippen LogP contribution < -0.4 is 5.32 Å². The maximum atomic E-state index is 13.0. The second-order valence-electron chi connectivity index (χ2n) is 6.11. The molecule has 2 unspecified atom stereocenters. The van der Waals surface area contributed by atoms with Gasteiger partial charge in [-0.05, 0) is 35.6 Å². The molecule has 2 N–H and O–H groups in total. The van der Waals surface area contributed by atoms with E-state index in [4.69, 9.17) is 0 Å². The van der Waals surface area contributed by atoms with Crippen LogP contribution in [0.5, 0.6) is 0 Å². The predicted octanol–water partition coefficient (Wildman–Crippen LogP) is 3.27. The predicted molar refractivity (Wildman–Crippen MR) is 72.8 cm³/mol. The smallest absolute Gasteiger partial charge is 0.159 e. The van der Waals surface area contributed by atoms with E-state index in [0.29, 0.717) is 18.0 Å². The summed E-state index contributed by atoms with van der Waals surface area (Å²) in [5.74, 6) is -1.38. The fraction of sp³-hybridized carbons (Fsp3) is 0.600. The lowest BCUT2D eigenvalue weighted by Crippen LogP contribution is -2.32. The molecule has 0 aromatic heterocycles. The van der Waals surface area contributed by atoms with Crippen LogP contribution in [0.3, 0.4) is 0 Å². The largest absolute Gasteiger partial charge is 0.387 e. The molecule has 1 aromatic rings. The highest BCUT2D eigenvalue weighted by Crippen LogP contribution is 2.24. The quantitative estimate of drug-likeness (QED) is 0.861. The van der Waals surface area contributed by atoms with Crippen LogP contribution in [-0.2, 0) is 0 Å². The number of halogens is 2. The van der Waals surface area contributed by atoms with Gasteiger partial charge in [-0.2, -0.15) is 0 Å². The van der Waals surface area contributed by atoms with E-state index < -0.39 is 17.7 Å². The minimum atomic E-state index is -0.931. The van der Waals surface area contributed by atoms with Gasteiger partial charge in [-0.25, -0.2) is 8.78 Å². The van der Waals surface area contributed by atoms with Gasteiger partial charge in [0.2, 0.25) is 0 Å². The topological polar surface area (TPSA) is 32.3 Å². The molecule has 108 valence electrons. The fourth-order valence-electron chi connectivity index (χ4n) is 1.58. The Balaban J connectivity index is 2.47. The van der Waals surface area contributed by atoms with Crippen molar-refractivity contribution in [2.24, 2.45) is 11.3 Å². The SMILES string of the molecule is CC(CNCC(O)c1ccc(F)c(F)c1)C(C)(C)C. The van der Waals surface area contributed by atoms with Crippen LogP contribution in [-0.4, -0.2) is 18.2 Å². The lowest BCUT2D eigenvalue weighted by atomic mass is 9.82. The van der Waals surface area contributed by atoms with E-state index in [2.05, 4.69) is 33.0 Å². The summed E-state index contributed by atoms with van der Waals surface area (Å²) in [6.07, 6.45) is -0.831. The van der Waals surface area contributed by atoms with Crippen molar-refractivity contribution >= 4 is 0 Å². The molecule has 4 heteroatoms. The molecule has 0 aliphatic rings. The summed E-state index contributed by atoms with van der Waals surface area (Å²) in [5.41, 5.74) is 0.578. The molecule has 0 fully saturated rings. The number of rotatable bonds is 5. The number of hydrogen-bond acceptors (Lipinski definition) is 2. The third kappa shape index (κ3) is 4.88. The van der Waals surface area contributed by atoms with Crippen LogP contribution in [0, 0.1) is 23.0 Å². The Kier molecular flexibility index (Phi) is 5.44. The Morgan fingerprint density at radius 2 is 1.79 bits per heavy atom. The highest BCUT2D eigenvalue weighted by atomic mass is 19.2. The third-order valence-electron chi connectivity index (χ3n) is 3.60. The monoisotopic (exact) mass is 271 g/mol. The van der Waals surface area contributed by atoms with E-state index in [1.807, 2.05) is 0 Å². The van der Waals surface area contributed by atoms with Crippen molar-refractivity contribution in [1.29, 1.82) is 0 Å². The minimum absolute atomic E-state index is 0.194. The normalized spacial score (nSPS) is 15.3. The van der Waals surface area contributed by atoms with Crippen molar-refractivity contribution < 1.29 is 13.9 Å². The van der Waals surface area contributed by atoms with Gasteiger partial charge < -0.3 is 10.4 Å². The lowest BCUT2D eigenvalue weighted by Gasteiger charge is -2.27. The summed E-state index contributed by atoms with van der Waals surface area (Å²) < 4.78 is 25.8. The molecule has 1 aromatic carbocycles. The van der Waals surface area contributed by atoms with E-state index in [-0.39, 0.29) is 5.41 Å². The molecule has 1 rings (SSSR count). The summed E-state index contributed by atoms with van der Waals surface area (Å²) in [4.78, 5) is 0. The summed E-state index contributed by atoms with van der Waals surface area (Å²) >= 11 is 0. The van der Waals surface area contributed by atoms with E-state index in [1.165, 1.54) is 6.07 Å². The molecular weight excluding hydrogens is 248 g/mol. The minimum Gasteiger partial charge on any atom is -0.387 e. The first-order chi connectivity index (χ1) is 8.71. The summed E-state index contributed by atoms with van der Waals surface area (Å²) in [5, 5.41) is 13.1. The highest BCUT2D eigenvalue weighted by molar-refractivity contribution is 5.20. The molecule has 2 atom stereocenters. The highest BCUT2D eigenvalue weighted by Gasteiger charge is 2.19. The second-order valence-corrected chi connectivity index (χ2v) is 6.11. The molecule has 0 amide bonds. The number of aliphatic hydroxyl groups excluding tert-OH is 1. The molecule has 0 aliphatic carbocycles. The van der Waals surface area contributed by atoms with Crippen molar-refractivity contribution in [2.45, 2.75) is 33.8 Å². The van der Waals surface area contributed by atoms with Crippen molar-refractivity contribution in [3.05, 3.63) is 35.4 Å². The van der Waals surface area contributed by atoms with Crippen LogP contribution in [0.1, 0.15) is 39.4 Å². The molecule has 19 heavy (non-hydrogen) atoms. The number of benzene rings is 1. The Labute approximate surface area is 113 Å². The maximum Gasteiger partial charge on any atom is 0.159 e. The number of hydrogen-bond donors (Lipinski definition) is 2. The van der Waals surface area contributed by atoms with Gasteiger partial charge in [0, 0.05) is 6.54 Å². The lowest BCUT2D eigenvalue weighted by molar-refractivity contribution is 0.165. The van der Waals surface area contributed by atoms with Gasteiger partial charge in [-0.1, -0.05) is 33.8 Å². The first-order valence-electron chi connectivity index (χ1n) is 6.55. The first kappa shape index (κ1) is 16.1. The van der Waals surface area contributed by atoms with E-state index in [0.717, 1.165) is 18.7 Å². The molecule has 0 bridgehead atoms. The zero-order valence-corrected chi connectivity index (χ0v) is 12.0. The Hall–Kier alpha value is -1.00.